The Morgan fingerprint density at radius 2 is 2.18 bits per heavy atom. The molecule has 0 radical (unpaired) electrons. The third kappa shape index (κ3) is 2.72. The molecule has 1 amide bonds. The molecule has 1 aromatic rings. The molecule has 2 N–H and O–H groups in total. The number of alkyl halides is 2. The van der Waals surface area contributed by atoms with E-state index in [0.29, 0.717) is 12.1 Å². The first-order valence-electron chi connectivity index (χ1n) is 5.23. The molecule has 0 unspecified atom stereocenters. The van der Waals surface area contributed by atoms with Crippen LogP contribution in [0.25, 0.3) is 0 Å². The molecule has 0 fully saturated rings. The van der Waals surface area contributed by atoms with Crippen molar-refractivity contribution in [3.8, 4) is 0 Å². The highest BCUT2D eigenvalue weighted by Crippen LogP contribution is 2.18. The molecule has 1 rings (SSSR count). The number of anilines is 1. The van der Waals surface area contributed by atoms with Crippen molar-refractivity contribution in [2.75, 3.05) is 19.3 Å². The molecule has 17 heavy (non-hydrogen) atoms. The van der Waals surface area contributed by atoms with Crippen LogP contribution in [0.4, 0.5) is 14.5 Å². The Morgan fingerprint density at radius 1 is 1.59 bits per heavy atom. The van der Waals surface area contributed by atoms with Gasteiger partial charge in [0.25, 0.3) is 12.3 Å². The summed E-state index contributed by atoms with van der Waals surface area (Å²) in [6.07, 6.45) is -1.98. The smallest absolute Gasteiger partial charge is 0.274 e. The Labute approximate surface area is 98.2 Å². The molecule has 0 aliphatic carbocycles. The van der Waals surface area contributed by atoms with Crippen molar-refractivity contribution < 1.29 is 13.6 Å². The van der Waals surface area contributed by atoms with Crippen LogP contribution in [0.15, 0.2) is 0 Å². The summed E-state index contributed by atoms with van der Waals surface area (Å²) in [5, 5.41) is 4.07. The number of nitrogens with zero attached hydrogens (tertiary/aromatic N) is 3. The van der Waals surface area contributed by atoms with Crippen molar-refractivity contribution >= 4 is 11.6 Å². The number of aromatic nitrogens is 2. The summed E-state index contributed by atoms with van der Waals surface area (Å²) in [6.45, 7) is 1.24. The molecule has 1 aromatic heterocycles. The summed E-state index contributed by atoms with van der Waals surface area (Å²) < 4.78 is 25.7. The minimum atomic E-state index is -2.57. The lowest BCUT2D eigenvalue weighted by molar-refractivity contribution is 0.0611. The molecule has 0 atom stereocenters. The minimum absolute atomic E-state index is 0.157. The standard InChI is InChI=1S/C10H16F2N4O/c1-4-6-8(13)9(16(3)14-6)10(17)15(2)5-7(11)12/h7H,4-5,13H2,1-3H3. The molecule has 0 aliphatic rings. The fourth-order valence-electron chi connectivity index (χ4n) is 1.58. The number of halogens is 2. The lowest BCUT2D eigenvalue weighted by Crippen LogP contribution is -2.33. The summed E-state index contributed by atoms with van der Waals surface area (Å²) in [5.74, 6) is -0.544. The van der Waals surface area contributed by atoms with Gasteiger partial charge in [0.15, 0.2) is 0 Å². The highest BCUT2D eigenvalue weighted by atomic mass is 19.3. The van der Waals surface area contributed by atoms with Gasteiger partial charge in [-0.05, 0) is 6.42 Å². The first-order chi connectivity index (χ1) is 7.88. The van der Waals surface area contributed by atoms with Crippen molar-refractivity contribution in [2.24, 2.45) is 7.05 Å². The highest BCUT2D eigenvalue weighted by molar-refractivity contribution is 5.97. The average Bonchev–Trinajstić information content (AvgIpc) is 2.51. The third-order valence-corrected chi connectivity index (χ3v) is 2.46. The van der Waals surface area contributed by atoms with E-state index in [0.717, 1.165) is 4.90 Å². The SMILES string of the molecule is CCc1nn(C)c(C(=O)N(C)CC(F)F)c1N. The maximum atomic E-state index is 12.2. The molecular formula is C10H16F2N4O. The summed E-state index contributed by atoms with van der Waals surface area (Å²) in [5.41, 5.74) is 6.79. The molecule has 0 aromatic carbocycles. The maximum Gasteiger partial charge on any atom is 0.274 e. The van der Waals surface area contributed by atoms with Gasteiger partial charge < -0.3 is 10.6 Å². The second kappa shape index (κ2) is 5.11. The first kappa shape index (κ1) is 13.4. The van der Waals surface area contributed by atoms with Gasteiger partial charge >= 0.3 is 0 Å². The van der Waals surface area contributed by atoms with Gasteiger partial charge in [-0.2, -0.15) is 5.10 Å². The van der Waals surface area contributed by atoms with Gasteiger partial charge in [0.2, 0.25) is 0 Å². The van der Waals surface area contributed by atoms with E-state index in [1.165, 1.54) is 11.7 Å². The number of nitrogen functional groups attached to an aromatic ring is 1. The van der Waals surface area contributed by atoms with E-state index in [2.05, 4.69) is 5.10 Å². The summed E-state index contributed by atoms with van der Waals surface area (Å²) in [4.78, 5) is 12.8. The first-order valence-corrected chi connectivity index (χ1v) is 5.23. The molecule has 96 valence electrons. The number of hydrogen-bond donors (Lipinski definition) is 1. The quantitative estimate of drug-likeness (QED) is 0.858. The van der Waals surface area contributed by atoms with Gasteiger partial charge in [0.1, 0.15) is 5.69 Å². The fourth-order valence-corrected chi connectivity index (χ4v) is 1.58. The number of carbonyl (C=O) groups excluding carboxylic acids is 1. The number of amides is 1. The van der Waals surface area contributed by atoms with Crippen molar-refractivity contribution in [3.05, 3.63) is 11.4 Å². The van der Waals surface area contributed by atoms with Gasteiger partial charge in [-0.15, -0.1) is 0 Å². The Balaban J connectivity index is 3.00. The maximum absolute atomic E-state index is 12.2. The Morgan fingerprint density at radius 3 is 2.59 bits per heavy atom. The minimum Gasteiger partial charge on any atom is -0.395 e. The predicted molar refractivity (Wildman–Crippen MR) is 60.0 cm³/mol. The van der Waals surface area contributed by atoms with E-state index in [9.17, 15) is 13.6 Å². The number of carbonyl (C=O) groups is 1. The van der Waals surface area contributed by atoms with Crippen molar-refractivity contribution in [2.45, 2.75) is 19.8 Å². The van der Waals surface area contributed by atoms with E-state index in [1.807, 2.05) is 6.92 Å². The van der Waals surface area contributed by atoms with E-state index in [-0.39, 0.29) is 11.4 Å². The van der Waals surface area contributed by atoms with Crippen LogP contribution in [0.2, 0.25) is 0 Å². The predicted octanol–water partition coefficient (Wildman–Crippen LogP) is 0.902. The second-order valence-electron chi connectivity index (χ2n) is 3.76. The lowest BCUT2D eigenvalue weighted by atomic mass is 10.2. The van der Waals surface area contributed by atoms with Crippen molar-refractivity contribution in [3.63, 3.8) is 0 Å². The molecule has 0 aliphatic heterocycles. The summed E-state index contributed by atoms with van der Waals surface area (Å²) in [7, 11) is 2.88. The van der Waals surface area contributed by atoms with Crippen LogP contribution >= 0.6 is 0 Å². The van der Waals surface area contributed by atoms with Crippen LogP contribution in [0.5, 0.6) is 0 Å². The molecule has 7 heteroatoms. The van der Waals surface area contributed by atoms with Crippen LogP contribution in [-0.2, 0) is 13.5 Å². The molecule has 5 nitrogen and oxygen atoms in total. The lowest BCUT2D eigenvalue weighted by Gasteiger charge is -2.16. The molecule has 0 saturated heterocycles. The van der Waals surface area contributed by atoms with E-state index in [4.69, 9.17) is 5.73 Å². The molecule has 0 saturated carbocycles. The van der Waals surface area contributed by atoms with Crippen molar-refractivity contribution in [1.82, 2.24) is 14.7 Å². The summed E-state index contributed by atoms with van der Waals surface area (Å²) in [6, 6.07) is 0. The molecule has 0 bridgehead atoms. The zero-order chi connectivity index (χ0) is 13.2. The van der Waals surface area contributed by atoms with Crippen LogP contribution in [-0.4, -0.2) is 40.6 Å². The third-order valence-electron chi connectivity index (χ3n) is 2.46. The van der Waals surface area contributed by atoms with Crippen LogP contribution in [0, 0.1) is 0 Å². The van der Waals surface area contributed by atoms with Gasteiger partial charge in [0.05, 0.1) is 17.9 Å². The van der Waals surface area contributed by atoms with Crippen LogP contribution < -0.4 is 5.73 Å². The van der Waals surface area contributed by atoms with Crippen LogP contribution in [0.1, 0.15) is 23.1 Å². The number of hydrogen-bond acceptors (Lipinski definition) is 3. The Kier molecular flexibility index (Phi) is 4.03. The second-order valence-corrected chi connectivity index (χ2v) is 3.76. The number of aryl methyl sites for hydroxylation is 2. The number of nitrogens with two attached hydrogens (primary N) is 1. The Bertz CT molecular complexity index is 417. The zero-order valence-corrected chi connectivity index (χ0v) is 10.1. The summed E-state index contributed by atoms with van der Waals surface area (Å²) >= 11 is 0. The van der Waals surface area contributed by atoms with Gasteiger partial charge in [0, 0.05) is 14.1 Å². The van der Waals surface area contributed by atoms with Gasteiger partial charge in [-0.25, -0.2) is 8.78 Å². The molecule has 0 spiro atoms. The van der Waals surface area contributed by atoms with Gasteiger partial charge in [-0.1, -0.05) is 6.92 Å². The molecular weight excluding hydrogens is 230 g/mol. The normalized spacial score (nSPS) is 10.9. The Hall–Kier alpha value is -1.66. The zero-order valence-electron chi connectivity index (χ0n) is 10.1. The molecule has 1 heterocycles. The highest BCUT2D eigenvalue weighted by Gasteiger charge is 2.23. The fraction of sp³-hybridized carbons (Fsp3) is 0.600. The van der Waals surface area contributed by atoms with E-state index < -0.39 is 18.9 Å². The van der Waals surface area contributed by atoms with Gasteiger partial charge in [-0.3, -0.25) is 9.48 Å². The number of rotatable bonds is 4. The van der Waals surface area contributed by atoms with Crippen molar-refractivity contribution in [1.29, 1.82) is 0 Å². The monoisotopic (exact) mass is 246 g/mol. The van der Waals surface area contributed by atoms with Crippen LogP contribution in [0.3, 0.4) is 0 Å². The van der Waals surface area contributed by atoms with E-state index >= 15 is 0 Å². The topological polar surface area (TPSA) is 64.2 Å². The average molecular weight is 246 g/mol. The largest absolute Gasteiger partial charge is 0.395 e. The van der Waals surface area contributed by atoms with E-state index in [1.54, 1.807) is 7.05 Å².